The van der Waals surface area contributed by atoms with Crippen molar-refractivity contribution in [2.75, 3.05) is 11.1 Å². The molecule has 2 aromatic heterocycles. The lowest BCUT2D eigenvalue weighted by molar-refractivity contribution is -0.113. The Morgan fingerprint density at radius 3 is 2.73 bits per heavy atom. The number of hydrogen-bond acceptors (Lipinski definition) is 8. The van der Waals surface area contributed by atoms with Crippen LogP contribution in [0.3, 0.4) is 0 Å². The van der Waals surface area contributed by atoms with Gasteiger partial charge >= 0.3 is 6.01 Å². The lowest BCUT2D eigenvalue weighted by atomic mass is 10.1. The number of nitrogens with zero attached hydrogens (tertiary/aromatic N) is 6. The molecule has 3 aromatic rings. The molecule has 1 N–H and O–H groups in total. The van der Waals surface area contributed by atoms with Gasteiger partial charge in [-0.2, -0.15) is 4.68 Å². The van der Waals surface area contributed by atoms with Crippen molar-refractivity contribution in [3.8, 4) is 5.69 Å². The average molecular weight is 373 g/mol. The minimum Gasteiger partial charge on any atom is -0.408 e. The first-order chi connectivity index (χ1) is 12.4. The predicted molar refractivity (Wildman–Crippen MR) is 96.4 cm³/mol. The fourth-order valence-corrected chi connectivity index (χ4v) is 2.78. The van der Waals surface area contributed by atoms with E-state index in [1.807, 2.05) is 45.9 Å². The molecule has 0 atom stereocenters. The molecule has 0 fully saturated rings. The zero-order chi connectivity index (χ0) is 18.7. The van der Waals surface area contributed by atoms with Crippen LogP contribution < -0.4 is 5.32 Å². The molecule has 0 aliphatic rings. The molecule has 0 unspecified atom stereocenters. The van der Waals surface area contributed by atoms with Gasteiger partial charge in [-0.1, -0.05) is 36.8 Å². The molecule has 10 heteroatoms. The molecule has 0 aliphatic carbocycles. The lowest BCUT2D eigenvalue weighted by Crippen LogP contribution is -2.15. The van der Waals surface area contributed by atoms with E-state index in [4.69, 9.17) is 4.42 Å². The largest absolute Gasteiger partial charge is 0.408 e. The number of carbonyl (C=O) groups is 1. The Balaban J connectivity index is 1.64. The smallest absolute Gasteiger partial charge is 0.322 e. The van der Waals surface area contributed by atoms with Crippen LogP contribution in [-0.2, 0) is 4.79 Å². The van der Waals surface area contributed by atoms with E-state index in [-0.39, 0.29) is 23.6 Å². The van der Waals surface area contributed by atoms with Gasteiger partial charge in [0, 0.05) is 5.92 Å². The third-order valence-electron chi connectivity index (χ3n) is 3.69. The summed E-state index contributed by atoms with van der Waals surface area (Å²) >= 11 is 1.22. The van der Waals surface area contributed by atoms with E-state index in [0.717, 1.165) is 11.3 Å². The number of amides is 1. The van der Waals surface area contributed by atoms with Crippen LogP contribution in [0.15, 0.2) is 27.8 Å². The van der Waals surface area contributed by atoms with Crippen LogP contribution >= 0.6 is 11.8 Å². The second kappa shape index (κ2) is 7.65. The maximum Gasteiger partial charge on any atom is 0.322 e. The van der Waals surface area contributed by atoms with E-state index in [2.05, 4.69) is 31.0 Å². The Morgan fingerprint density at radius 1 is 1.23 bits per heavy atom. The van der Waals surface area contributed by atoms with E-state index >= 15 is 0 Å². The summed E-state index contributed by atoms with van der Waals surface area (Å²) in [6, 6.07) is 6.04. The van der Waals surface area contributed by atoms with Gasteiger partial charge in [-0.15, -0.1) is 10.2 Å². The Hall–Kier alpha value is -2.75. The molecule has 0 saturated heterocycles. The third kappa shape index (κ3) is 4.07. The van der Waals surface area contributed by atoms with E-state index in [0.29, 0.717) is 11.0 Å². The molecule has 1 aromatic carbocycles. The molecule has 2 heterocycles. The Morgan fingerprint density at radius 2 is 2.04 bits per heavy atom. The number of benzene rings is 1. The molecule has 0 aliphatic heterocycles. The quantitative estimate of drug-likeness (QED) is 0.656. The van der Waals surface area contributed by atoms with E-state index < -0.39 is 0 Å². The number of nitrogens with one attached hydrogen (secondary N) is 1. The van der Waals surface area contributed by atoms with Gasteiger partial charge in [0.05, 0.1) is 11.4 Å². The highest BCUT2D eigenvalue weighted by atomic mass is 32.2. The number of carbonyl (C=O) groups excluding carboxylic acids is 1. The maximum atomic E-state index is 12.1. The molecule has 1 amide bonds. The normalized spacial score (nSPS) is 11.1. The number of hydrogen-bond donors (Lipinski definition) is 1. The van der Waals surface area contributed by atoms with Gasteiger partial charge in [0.2, 0.25) is 17.0 Å². The summed E-state index contributed by atoms with van der Waals surface area (Å²) < 4.78 is 6.97. The van der Waals surface area contributed by atoms with Crippen molar-refractivity contribution in [2.24, 2.45) is 0 Å². The number of anilines is 1. The molecule has 0 bridgehead atoms. The number of thioether (sulfide) groups is 1. The summed E-state index contributed by atoms with van der Waals surface area (Å²) in [5.74, 6) is 0.422. The zero-order valence-corrected chi connectivity index (χ0v) is 15.7. The number of tetrazole rings is 1. The Labute approximate surface area is 154 Å². The molecular weight excluding hydrogens is 354 g/mol. The van der Waals surface area contributed by atoms with Crippen LogP contribution in [0.4, 0.5) is 6.01 Å². The third-order valence-corrected chi connectivity index (χ3v) is 4.61. The van der Waals surface area contributed by atoms with Gasteiger partial charge in [-0.05, 0) is 47.5 Å². The van der Waals surface area contributed by atoms with E-state index in [1.165, 1.54) is 17.3 Å². The number of aromatic nitrogens is 6. The highest BCUT2D eigenvalue weighted by Crippen LogP contribution is 2.20. The monoisotopic (exact) mass is 373 g/mol. The zero-order valence-electron chi connectivity index (χ0n) is 14.9. The van der Waals surface area contributed by atoms with Crippen molar-refractivity contribution >= 4 is 23.7 Å². The number of aryl methyl sites for hydroxylation is 2. The van der Waals surface area contributed by atoms with Gasteiger partial charge in [0.15, 0.2) is 0 Å². The van der Waals surface area contributed by atoms with Crippen molar-refractivity contribution in [3.05, 3.63) is 35.2 Å². The highest BCUT2D eigenvalue weighted by Gasteiger charge is 2.15. The number of rotatable bonds is 6. The van der Waals surface area contributed by atoms with E-state index in [1.54, 1.807) is 4.68 Å². The molecule has 136 valence electrons. The summed E-state index contributed by atoms with van der Waals surface area (Å²) in [7, 11) is 0. The van der Waals surface area contributed by atoms with Crippen molar-refractivity contribution in [3.63, 3.8) is 0 Å². The first-order valence-corrected chi connectivity index (χ1v) is 9.04. The second-order valence-corrected chi connectivity index (χ2v) is 7.02. The summed E-state index contributed by atoms with van der Waals surface area (Å²) in [5.41, 5.74) is 3.18. The SMILES string of the molecule is Cc1ccc(-n2nnnc2SCC(=O)Nc2nnc(C(C)C)o2)cc1C. The van der Waals surface area contributed by atoms with Crippen LogP contribution in [-0.4, -0.2) is 42.1 Å². The van der Waals surface area contributed by atoms with E-state index in [9.17, 15) is 4.79 Å². The van der Waals surface area contributed by atoms with Crippen molar-refractivity contribution < 1.29 is 9.21 Å². The standard InChI is InChI=1S/C16H19N7O2S/c1-9(2)14-18-19-15(25-14)17-13(24)8-26-16-20-21-22-23(16)12-6-5-10(3)11(4)7-12/h5-7,9H,8H2,1-4H3,(H,17,19,24). The van der Waals surface area contributed by atoms with Crippen LogP contribution in [0.25, 0.3) is 5.69 Å². The van der Waals surface area contributed by atoms with Crippen molar-refractivity contribution in [1.82, 2.24) is 30.4 Å². The molecule has 0 spiro atoms. The Bertz CT molecular complexity index is 919. The molecule has 26 heavy (non-hydrogen) atoms. The van der Waals surface area contributed by atoms with Crippen LogP contribution in [0.1, 0.15) is 36.8 Å². The molecule has 3 rings (SSSR count). The van der Waals surface area contributed by atoms with Crippen LogP contribution in [0, 0.1) is 13.8 Å². The molecule has 0 saturated carbocycles. The van der Waals surface area contributed by atoms with Crippen LogP contribution in [0.2, 0.25) is 0 Å². The molecule has 0 radical (unpaired) electrons. The fourth-order valence-electron chi connectivity index (χ4n) is 2.09. The fraction of sp³-hybridized carbons (Fsp3) is 0.375. The highest BCUT2D eigenvalue weighted by molar-refractivity contribution is 7.99. The van der Waals surface area contributed by atoms with Crippen molar-refractivity contribution in [1.29, 1.82) is 0 Å². The second-order valence-electron chi connectivity index (χ2n) is 6.08. The molecule has 9 nitrogen and oxygen atoms in total. The summed E-state index contributed by atoms with van der Waals surface area (Å²) in [6.07, 6.45) is 0. The maximum absolute atomic E-state index is 12.1. The average Bonchev–Trinajstić information content (AvgIpc) is 3.25. The summed E-state index contributed by atoms with van der Waals surface area (Å²) in [5, 5.41) is 22.5. The minimum absolute atomic E-state index is 0.0908. The molecular formula is C16H19N7O2S. The lowest BCUT2D eigenvalue weighted by Gasteiger charge is -2.06. The summed E-state index contributed by atoms with van der Waals surface area (Å²) in [4.78, 5) is 12.1. The van der Waals surface area contributed by atoms with Gasteiger partial charge in [0.25, 0.3) is 0 Å². The van der Waals surface area contributed by atoms with Gasteiger partial charge in [-0.25, -0.2) is 0 Å². The van der Waals surface area contributed by atoms with Crippen molar-refractivity contribution in [2.45, 2.75) is 38.8 Å². The van der Waals surface area contributed by atoms with Gasteiger partial charge in [-0.3, -0.25) is 10.1 Å². The first kappa shape index (κ1) is 18.1. The Kier molecular flexibility index (Phi) is 5.31. The summed E-state index contributed by atoms with van der Waals surface area (Å²) in [6.45, 7) is 7.93. The predicted octanol–water partition coefficient (Wildman–Crippen LogP) is 2.52. The first-order valence-electron chi connectivity index (χ1n) is 8.06. The van der Waals surface area contributed by atoms with Gasteiger partial charge in [0.1, 0.15) is 0 Å². The van der Waals surface area contributed by atoms with Crippen LogP contribution in [0.5, 0.6) is 0 Å². The minimum atomic E-state index is -0.274. The van der Waals surface area contributed by atoms with Gasteiger partial charge < -0.3 is 4.42 Å². The topological polar surface area (TPSA) is 112 Å².